The van der Waals surface area contributed by atoms with Gasteiger partial charge in [-0.2, -0.15) is 0 Å². The Morgan fingerprint density at radius 1 is 1.06 bits per heavy atom. The molecule has 0 aliphatic carbocycles. The molecule has 0 atom stereocenters. The third kappa shape index (κ3) is 6.58. The van der Waals surface area contributed by atoms with E-state index in [-0.39, 0.29) is 30.6 Å². The van der Waals surface area contributed by atoms with Gasteiger partial charge < -0.3 is 10.1 Å². The Kier molecular flexibility index (Phi) is 8.13. The third-order valence-corrected chi connectivity index (χ3v) is 6.18. The van der Waals surface area contributed by atoms with Crippen LogP contribution in [0.4, 0.5) is 10.1 Å². The summed E-state index contributed by atoms with van der Waals surface area (Å²) in [6.45, 7) is -0.163. The molecule has 1 aromatic heterocycles. The van der Waals surface area contributed by atoms with Crippen molar-refractivity contribution in [3.63, 3.8) is 0 Å². The van der Waals surface area contributed by atoms with Crippen molar-refractivity contribution in [2.75, 3.05) is 6.61 Å². The van der Waals surface area contributed by atoms with Crippen molar-refractivity contribution in [2.24, 2.45) is 0 Å². The van der Waals surface area contributed by atoms with Gasteiger partial charge >= 0.3 is 0 Å². The Balaban J connectivity index is 1.48. The first-order valence-electron chi connectivity index (χ1n) is 10.6. The number of nitro groups is 1. The summed E-state index contributed by atoms with van der Waals surface area (Å²) in [6, 6.07) is 18.7. The topological polar surface area (TPSA) is 112 Å². The molecule has 0 saturated carbocycles. The average Bonchev–Trinajstić information content (AvgIpc) is 3.29. The molecule has 1 heterocycles. The van der Waals surface area contributed by atoms with Gasteiger partial charge in [0.05, 0.1) is 11.5 Å². The van der Waals surface area contributed by atoms with Crippen LogP contribution in [-0.2, 0) is 17.1 Å². The number of halogens is 2. The molecule has 0 unspecified atom stereocenters. The SMILES string of the molecule is O=C(COc1ccc(Cl)cc1)NCc1nnc(SCc2ccc(F)cc2)n1-c1ccc([N+](=O)[O-])cc1. The largest absolute Gasteiger partial charge is 0.484 e. The number of rotatable bonds is 10. The molecule has 4 rings (SSSR count). The average molecular weight is 528 g/mol. The number of nitro benzene ring substituents is 1. The molecule has 0 aliphatic heterocycles. The van der Waals surface area contributed by atoms with Crippen LogP contribution in [0.15, 0.2) is 78.0 Å². The molecule has 0 aliphatic rings. The Labute approximate surface area is 214 Å². The Morgan fingerprint density at radius 2 is 1.75 bits per heavy atom. The minimum absolute atomic E-state index is 0.0455. The predicted molar refractivity (Wildman–Crippen MR) is 133 cm³/mol. The maximum absolute atomic E-state index is 13.2. The first-order valence-corrected chi connectivity index (χ1v) is 12.0. The van der Waals surface area contributed by atoms with E-state index in [9.17, 15) is 19.3 Å². The van der Waals surface area contributed by atoms with Gasteiger partial charge in [-0.3, -0.25) is 19.5 Å². The molecule has 12 heteroatoms. The van der Waals surface area contributed by atoms with E-state index in [4.69, 9.17) is 16.3 Å². The van der Waals surface area contributed by atoms with E-state index in [0.717, 1.165) is 5.56 Å². The summed E-state index contributed by atoms with van der Waals surface area (Å²) in [4.78, 5) is 22.9. The van der Waals surface area contributed by atoms with Crippen LogP contribution >= 0.6 is 23.4 Å². The van der Waals surface area contributed by atoms with Gasteiger partial charge in [-0.25, -0.2) is 4.39 Å². The molecule has 0 bridgehead atoms. The predicted octanol–water partition coefficient (Wildman–Crippen LogP) is 4.96. The molecule has 1 amide bonds. The van der Waals surface area contributed by atoms with Gasteiger partial charge in [-0.05, 0) is 54.1 Å². The van der Waals surface area contributed by atoms with E-state index in [1.54, 1.807) is 53.1 Å². The van der Waals surface area contributed by atoms with Crippen molar-refractivity contribution in [2.45, 2.75) is 17.5 Å². The third-order valence-electron chi connectivity index (χ3n) is 4.93. The number of thioether (sulfide) groups is 1. The zero-order valence-electron chi connectivity index (χ0n) is 18.6. The van der Waals surface area contributed by atoms with E-state index in [0.29, 0.717) is 33.2 Å². The monoisotopic (exact) mass is 527 g/mol. The number of non-ortho nitro benzene ring substituents is 1. The van der Waals surface area contributed by atoms with Crippen LogP contribution in [-0.4, -0.2) is 32.2 Å². The number of carbonyl (C=O) groups is 1. The van der Waals surface area contributed by atoms with Gasteiger partial charge in [0.1, 0.15) is 11.6 Å². The quantitative estimate of drug-likeness (QED) is 0.176. The lowest BCUT2D eigenvalue weighted by Crippen LogP contribution is -2.29. The number of benzene rings is 3. The Hall–Kier alpha value is -3.96. The van der Waals surface area contributed by atoms with Crippen LogP contribution < -0.4 is 10.1 Å². The Morgan fingerprint density at radius 3 is 2.42 bits per heavy atom. The minimum Gasteiger partial charge on any atom is -0.484 e. The van der Waals surface area contributed by atoms with E-state index in [1.807, 2.05) is 0 Å². The fraction of sp³-hybridized carbons (Fsp3) is 0.125. The molecular formula is C24H19ClFN5O4S. The number of ether oxygens (including phenoxy) is 1. The summed E-state index contributed by atoms with van der Waals surface area (Å²) in [6.07, 6.45) is 0. The molecule has 0 fully saturated rings. The van der Waals surface area contributed by atoms with Gasteiger partial charge in [0, 0.05) is 28.6 Å². The highest BCUT2D eigenvalue weighted by Crippen LogP contribution is 2.26. The van der Waals surface area contributed by atoms with Crippen LogP contribution in [0, 0.1) is 15.9 Å². The number of amides is 1. The van der Waals surface area contributed by atoms with Gasteiger partial charge in [-0.1, -0.05) is 35.5 Å². The summed E-state index contributed by atoms with van der Waals surface area (Å²) in [5.41, 5.74) is 1.42. The second kappa shape index (κ2) is 11.6. The highest BCUT2D eigenvalue weighted by atomic mass is 35.5. The number of hydrogen-bond acceptors (Lipinski definition) is 7. The maximum atomic E-state index is 13.2. The van der Waals surface area contributed by atoms with Crippen LogP contribution in [0.3, 0.4) is 0 Å². The fourth-order valence-corrected chi connectivity index (χ4v) is 4.18. The fourth-order valence-electron chi connectivity index (χ4n) is 3.13. The molecule has 36 heavy (non-hydrogen) atoms. The summed E-state index contributed by atoms with van der Waals surface area (Å²) in [5.74, 6) is 0.722. The molecule has 4 aromatic rings. The van der Waals surface area contributed by atoms with E-state index in [2.05, 4.69) is 15.5 Å². The summed E-state index contributed by atoms with van der Waals surface area (Å²) in [7, 11) is 0. The summed E-state index contributed by atoms with van der Waals surface area (Å²) < 4.78 is 20.4. The first kappa shape index (κ1) is 25.1. The van der Waals surface area contributed by atoms with E-state index >= 15 is 0 Å². The van der Waals surface area contributed by atoms with Crippen molar-refractivity contribution in [1.82, 2.24) is 20.1 Å². The van der Waals surface area contributed by atoms with Crippen molar-refractivity contribution in [3.8, 4) is 11.4 Å². The second-order valence-corrected chi connectivity index (χ2v) is 8.82. The van der Waals surface area contributed by atoms with Gasteiger partial charge in [0.2, 0.25) is 0 Å². The number of nitrogens with zero attached hydrogens (tertiary/aromatic N) is 4. The molecule has 3 aromatic carbocycles. The zero-order valence-corrected chi connectivity index (χ0v) is 20.2. The maximum Gasteiger partial charge on any atom is 0.269 e. The molecule has 0 radical (unpaired) electrons. The smallest absolute Gasteiger partial charge is 0.269 e. The zero-order chi connectivity index (χ0) is 25.5. The summed E-state index contributed by atoms with van der Waals surface area (Å²) in [5, 5.41) is 23.3. The van der Waals surface area contributed by atoms with Crippen LogP contribution in [0.25, 0.3) is 5.69 Å². The highest BCUT2D eigenvalue weighted by molar-refractivity contribution is 7.98. The lowest BCUT2D eigenvalue weighted by atomic mass is 10.2. The van der Waals surface area contributed by atoms with Crippen LogP contribution in [0.1, 0.15) is 11.4 Å². The van der Waals surface area contributed by atoms with Crippen LogP contribution in [0.5, 0.6) is 5.75 Å². The van der Waals surface area contributed by atoms with Crippen molar-refractivity contribution >= 4 is 35.0 Å². The normalized spacial score (nSPS) is 10.7. The van der Waals surface area contributed by atoms with Gasteiger partial charge in [0.25, 0.3) is 11.6 Å². The molecule has 0 spiro atoms. The number of hydrogen-bond donors (Lipinski definition) is 1. The highest BCUT2D eigenvalue weighted by Gasteiger charge is 2.17. The molecule has 9 nitrogen and oxygen atoms in total. The number of nitrogens with one attached hydrogen (secondary N) is 1. The molecule has 1 N–H and O–H groups in total. The number of carbonyl (C=O) groups excluding carboxylic acids is 1. The van der Waals surface area contributed by atoms with Crippen molar-refractivity contribution in [1.29, 1.82) is 0 Å². The summed E-state index contributed by atoms with van der Waals surface area (Å²) >= 11 is 7.21. The lowest BCUT2D eigenvalue weighted by Gasteiger charge is -2.11. The first-order chi connectivity index (χ1) is 17.4. The molecule has 0 saturated heterocycles. The standard InChI is InChI=1S/C24H19ClFN5O4S/c25-17-3-11-21(12-4-17)35-14-23(32)27-13-22-28-29-24(36-15-16-1-5-18(26)6-2-16)30(22)19-7-9-20(10-8-19)31(33)34/h1-12H,13-15H2,(H,27,32). The lowest BCUT2D eigenvalue weighted by molar-refractivity contribution is -0.384. The number of aromatic nitrogens is 3. The van der Waals surface area contributed by atoms with Gasteiger partial charge in [-0.15, -0.1) is 10.2 Å². The minimum atomic E-state index is -0.484. The van der Waals surface area contributed by atoms with Gasteiger partial charge in [0.15, 0.2) is 17.6 Å². The second-order valence-electron chi connectivity index (χ2n) is 7.44. The van der Waals surface area contributed by atoms with Crippen LogP contribution in [0.2, 0.25) is 5.02 Å². The van der Waals surface area contributed by atoms with E-state index < -0.39 is 4.92 Å². The molecule has 184 valence electrons. The van der Waals surface area contributed by atoms with Crippen molar-refractivity contribution in [3.05, 3.63) is 105 Å². The molecular weight excluding hydrogens is 509 g/mol. The Bertz CT molecular complexity index is 1350. The van der Waals surface area contributed by atoms with E-state index in [1.165, 1.54) is 36.0 Å². The van der Waals surface area contributed by atoms with Crippen molar-refractivity contribution < 1.29 is 18.8 Å².